The molecule has 2 atom stereocenters. The molecule has 11 heteroatoms. The van der Waals surface area contributed by atoms with E-state index in [0.717, 1.165) is 86.3 Å². The number of hydrogen-bond donors (Lipinski definition) is 2. The number of fused-ring (bicyclic) bond motifs is 2. The van der Waals surface area contributed by atoms with Gasteiger partial charge in [0.2, 0.25) is 0 Å². The molecular weight excluding hydrogens is 808 g/mol. The van der Waals surface area contributed by atoms with E-state index in [1.807, 2.05) is 0 Å². The summed E-state index contributed by atoms with van der Waals surface area (Å²) in [7, 11) is 8.34. The molecular formula is C37H39Br3N2O6. The van der Waals surface area contributed by atoms with Crippen LogP contribution in [0.1, 0.15) is 45.5 Å². The van der Waals surface area contributed by atoms with Crippen LogP contribution in [0, 0.1) is 0 Å². The van der Waals surface area contributed by atoms with E-state index in [1.54, 1.807) is 35.5 Å². The molecule has 8 nitrogen and oxygen atoms in total. The maximum Gasteiger partial charge on any atom is 0.175 e. The second-order valence-corrected chi connectivity index (χ2v) is 14.4. The lowest BCUT2D eigenvalue weighted by Crippen LogP contribution is -2.31. The van der Waals surface area contributed by atoms with Gasteiger partial charge in [-0.1, -0.05) is 0 Å². The van der Waals surface area contributed by atoms with Crippen LogP contribution in [0.5, 0.6) is 40.2 Å². The van der Waals surface area contributed by atoms with Gasteiger partial charge in [0.25, 0.3) is 0 Å². The van der Waals surface area contributed by atoms with Crippen molar-refractivity contribution in [3.05, 3.63) is 95.3 Å². The van der Waals surface area contributed by atoms with Crippen LogP contribution in [-0.4, -0.2) is 48.6 Å². The van der Waals surface area contributed by atoms with Crippen LogP contribution in [0.2, 0.25) is 0 Å². The van der Waals surface area contributed by atoms with Crippen molar-refractivity contribution in [2.45, 2.75) is 37.8 Å². The predicted octanol–water partition coefficient (Wildman–Crippen LogP) is 8.67. The molecule has 2 N–H and O–H groups in total. The molecule has 0 saturated carbocycles. The van der Waals surface area contributed by atoms with Crippen molar-refractivity contribution in [2.24, 2.45) is 0 Å². The van der Waals surface area contributed by atoms with Gasteiger partial charge in [-0.05, 0) is 168 Å². The van der Waals surface area contributed by atoms with Gasteiger partial charge in [-0.3, -0.25) is 0 Å². The monoisotopic (exact) mass is 844 g/mol. The van der Waals surface area contributed by atoms with Gasteiger partial charge in [0.1, 0.15) is 0 Å². The highest BCUT2D eigenvalue weighted by Gasteiger charge is 2.26. The molecule has 4 aromatic rings. The zero-order valence-corrected chi connectivity index (χ0v) is 32.4. The van der Waals surface area contributed by atoms with Crippen molar-refractivity contribution < 1.29 is 28.4 Å². The van der Waals surface area contributed by atoms with Crippen molar-refractivity contribution in [3.8, 4) is 40.2 Å². The standard InChI is InChI=1S/C37H39Br3N2O6/c1-43-31-16-22-6-8-41-29(24(22)18-33(31)45-3)13-20-10-26(38)36(27(39)11-20)48-35-15-21(12-28(40)37(35)47-5)14-30-25-19-34(46-4)32(44-2)17-23(25)7-9-42-30/h10-12,15-19,29-30,41-42H,6-9,13-14H2,1-5H3. The van der Waals surface area contributed by atoms with Gasteiger partial charge >= 0.3 is 0 Å². The van der Waals surface area contributed by atoms with Gasteiger partial charge < -0.3 is 39.1 Å². The van der Waals surface area contributed by atoms with Crippen LogP contribution in [0.15, 0.2) is 61.9 Å². The van der Waals surface area contributed by atoms with Crippen molar-refractivity contribution in [1.29, 1.82) is 0 Å². The summed E-state index contributed by atoms with van der Waals surface area (Å²) < 4.78 is 37.3. The fourth-order valence-corrected chi connectivity index (χ4v) is 8.82. The lowest BCUT2D eigenvalue weighted by molar-refractivity contribution is 0.352. The maximum atomic E-state index is 6.61. The molecule has 2 aliphatic heterocycles. The minimum Gasteiger partial charge on any atom is -0.493 e. The van der Waals surface area contributed by atoms with Crippen molar-refractivity contribution >= 4 is 47.8 Å². The highest BCUT2D eigenvalue weighted by atomic mass is 79.9. The summed E-state index contributed by atoms with van der Waals surface area (Å²) in [5.74, 6) is 4.88. The van der Waals surface area contributed by atoms with E-state index in [1.165, 1.54) is 22.3 Å². The van der Waals surface area contributed by atoms with Crippen LogP contribution in [-0.2, 0) is 25.7 Å². The zero-order valence-electron chi connectivity index (χ0n) is 27.6. The summed E-state index contributed by atoms with van der Waals surface area (Å²) in [6, 6.07) is 17.0. The van der Waals surface area contributed by atoms with Crippen LogP contribution < -0.4 is 39.1 Å². The summed E-state index contributed by atoms with van der Waals surface area (Å²) >= 11 is 11.3. The van der Waals surface area contributed by atoms with Gasteiger partial charge in [-0.15, -0.1) is 0 Å². The molecule has 2 unspecified atom stereocenters. The van der Waals surface area contributed by atoms with Crippen LogP contribution in [0.25, 0.3) is 0 Å². The van der Waals surface area contributed by atoms with Crippen molar-refractivity contribution in [1.82, 2.24) is 10.6 Å². The molecule has 254 valence electrons. The number of methoxy groups -OCH3 is 5. The van der Waals surface area contributed by atoms with E-state index in [9.17, 15) is 0 Å². The first-order valence-electron chi connectivity index (χ1n) is 15.7. The number of halogens is 3. The van der Waals surface area contributed by atoms with Crippen molar-refractivity contribution in [2.75, 3.05) is 48.6 Å². The minimum atomic E-state index is 0.0963. The molecule has 4 aromatic carbocycles. The Morgan fingerprint density at radius 1 is 0.521 bits per heavy atom. The first-order valence-corrected chi connectivity index (χ1v) is 18.1. The van der Waals surface area contributed by atoms with Crippen molar-refractivity contribution in [3.63, 3.8) is 0 Å². The Hall–Kier alpha value is -2.96. The van der Waals surface area contributed by atoms with Crippen LogP contribution in [0.3, 0.4) is 0 Å². The minimum absolute atomic E-state index is 0.0963. The van der Waals surface area contributed by atoms with E-state index in [-0.39, 0.29) is 12.1 Å². The molecule has 0 aliphatic carbocycles. The summed E-state index contributed by atoms with van der Waals surface area (Å²) in [6.07, 6.45) is 3.40. The number of benzene rings is 4. The quantitative estimate of drug-likeness (QED) is 0.155. The SMILES string of the molecule is COc1cc2c(cc1OC)C(Cc1cc(Br)c(Oc3cc(CC4NCCc5cc(OC)c(OC)cc54)cc(Br)c3OC)c(Br)c1)NCC2. The van der Waals surface area contributed by atoms with Gasteiger partial charge in [0.05, 0.1) is 49.0 Å². The molecule has 0 radical (unpaired) electrons. The Bertz CT molecular complexity index is 1790. The molecule has 0 amide bonds. The molecule has 0 fully saturated rings. The second-order valence-electron chi connectivity index (χ2n) is 11.8. The summed E-state index contributed by atoms with van der Waals surface area (Å²) in [5, 5.41) is 7.38. The van der Waals surface area contributed by atoms with E-state index in [2.05, 4.69) is 107 Å². The van der Waals surface area contributed by atoms with E-state index in [0.29, 0.717) is 17.2 Å². The largest absolute Gasteiger partial charge is 0.493 e. The Morgan fingerprint density at radius 3 is 1.38 bits per heavy atom. The highest BCUT2D eigenvalue weighted by molar-refractivity contribution is 9.11. The fourth-order valence-electron chi connectivity index (χ4n) is 6.72. The molecule has 6 rings (SSSR count). The first kappa shape index (κ1) is 34.9. The van der Waals surface area contributed by atoms with Gasteiger partial charge in [-0.25, -0.2) is 0 Å². The smallest absolute Gasteiger partial charge is 0.175 e. The van der Waals surface area contributed by atoms with Crippen LogP contribution in [0.4, 0.5) is 0 Å². The zero-order chi connectivity index (χ0) is 33.9. The predicted molar refractivity (Wildman–Crippen MR) is 198 cm³/mol. The average Bonchev–Trinajstić information content (AvgIpc) is 3.08. The summed E-state index contributed by atoms with van der Waals surface area (Å²) in [4.78, 5) is 0. The second kappa shape index (κ2) is 15.3. The molecule has 2 aliphatic rings. The van der Waals surface area contributed by atoms with E-state index < -0.39 is 0 Å². The van der Waals surface area contributed by atoms with E-state index >= 15 is 0 Å². The molecule has 2 heterocycles. The van der Waals surface area contributed by atoms with Gasteiger partial charge in [-0.2, -0.15) is 0 Å². The topological polar surface area (TPSA) is 79.4 Å². The number of ether oxygens (including phenoxy) is 6. The van der Waals surface area contributed by atoms with E-state index in [4.69, 9.17) is 28.4 Å². The first-order chi connectivity index (χ1) is 23.3. The molecule has 0 saturated heterocycles. The summed E-state index contributed by atoms with van der Waals surface area (Å²) in [6.45, 7) is 1.77. The number of nitrogens with one attached hydrogen (secondary N) is 2. The molecule has 0 aromatic heterocycles. The summed E-state index contributed by atoms with van der Waals surface area (Å²) in [5.41, 5.74) is 7.22. The average molecular weight is 847 g/mol. The molecule has 48 heavy (non-hydrogen) atoms. The van der Waals surface area contributed by atoms with Gasteiger partial charge in [0, 0.05) is 12.1 Å². The molecule has 0 spiro atoms. The Balaban J connectivity index is 1.26. The van der Waals surface area contributed by atoms with Gasteiger partial charge in [0.15, 0.2) is 40.2 Å². The number of rotatable bonds is 11. The lowest BCUT2D eigenvalue weighted by atomic mass is 9.89. The Morgan fingerprint density at radius 2 is 0.938 bits per heavy atom. The normalized spacial score (nSPS) is 16.8. The lowest BCUT2D eigenvalue weighted by Gasteiger charge is -2.29. The fraction of sp³-hybridized carbons (Fsp3) is 0.351. The molecule has 0 bridgehead atoms. The number of hydrogen-bond acceptors (Lipinski definition) is 8. The third-order valence-electron chi connectivity index (χ3n) is 9.03. The maximum absolute atomic E-state index is 6.61. The Kier molecular flexibility index (Phi) is 11.1. The Labute approximate surface area is 307 Å². The third kappa shape index (κ3) is 7.16. The third-order valence-corrected chi connectivity index (χ3v) is 10.8. The van der Waals surface area contributed by atoms with Crippen LogP contribution >= 0.6 is 47.8 Å². The highest BCUT2D eigenvalue weighted by Crippen LogP contribution is 2.45.